The summed E-state index contributed by atoms with van der Waals surface area (Å²) in [6, 6.07) is 0. The van der Waals surface area contributed by atoms with E-state index in [0.29, 0.717) is 12.8 Å². The standard InChI is InChI=1S/C16H26ClF6NO/c1-2-3-4-5-6-7-8-9-10-11-12-24-13(25)14(18,19)15(20,21)16(17,22)23/h2-12H2,1H3,(H,24,25). The molecule has 0 saturated carbocycles. The minimum absolute atomic E-state index is 0.283. The van der Waals surface area contributed by atoms with E-state index >= 15 is 0 Å². The second-order valence-corrected chi connectivity index (χ2v) is 6.56. The maximum atomic E-state index is 13.2. The zero-order valence-corrected chi connectivity index (χ0v) is 15.1. The highest BCUT2D eigenvalue weighted by Crippen LogP contribution is 2.47. The predicted molar refractivity (Wildman–Crippen MR) is 85.5 cm³/mol. The van der Waals surface area contributed by atoms with Crippen LogP contribution in [0.3, 0.4) is 0 Å². The molecule has 9 heteroatoms. The van der Waals surface area contributed by atoms with E-state index in [-0.39, 0.29) is 6.54 Å². The van der Waals surface area contributed by atoms with Crippen LogP contribution in [0, 0.1) is 0 Å². The van der Waals surface area contributed by atoms with E-state index in [9.17, 15) is 31.1 Å². The Morgan fingerprint density at radius 2 is 1.20 bits per heavy atom. The first kappa shape index (κ1) is 24.3. The van der Waals surface area contributed by atoms with Crippen molar-refractivity contribution < 1.29 is 31.1 Å². The van der Waals surface area contributed by atoms with Crippen LogP contribution in [-0.2, 0) is 4.79 Å². The largest absolute Gasteiger partial charge is 0.395 e. The van der Waals surface area contributed by atoms with Gasteiger partial charge in [-0.2, -0.15) is 26.3 Å². The van der Waals surface area contributed by atoms with Gasteiger partial charge in [-0.05, 0) is 18.0 Å². The van der Waals surface area contributed by atoms with Gasteiger partial charge >= 0.3 is 17.2 Å². The lowest BCUT2D eigenvalue weighted by molar-refractivity contribution is -0.269. The van der Waals surface area contributed by atoms with Crippen LogP contribution in [0.25, 0.3) is 0 Å². The average Bonchev–Trinajstić information content (AvgIpc) is 2.51. The molecule has 0 heterocycles. The lowest BCUT2D eigenvalue weighted by atomic mass is 10.1. The van der Waals surface area contributed by atoms with E-state index in [2.05, 4.69) is 18.5 Å². The van der Waals surface area contributed by atoms with Gasteiger partial charge in [0, 0.05) is 6.54 Å². The van der Waals surface area contributed by atoms with Gasteiger partial charge in [0.05, 0.1) is 0 Å². The van der Waals surface area contributed by atoms with Gasteiger partial charge in [-0.15, -0.1) is 0 Å². The SMILES string of the molecule is CCCCCCCCCCCCNC(=O)C(F)(F)C(F)(F)C(F)(F)Cl. The summed E-state index contributed by atoms with van der Waals surface area (Å²) in [5.74, 6) is -14.0. The normalized spacial score (nSPS) is 13.1. The maximum absolute atomic E-state index is 13.2. The molecule has 1 N–H and O–H groups in total. The number of halogens is 7. The van der Waals surface area contributed by atoms with Crippen molar-refractivity contribution >= 4 is 17.5 Å². The molecule has 0 aromatic heterocycles. The van der Waals surface area contributed by atoms with E-state index < -0.39 is 23.1 Å². The Bertz CT molecular complexity index is 387. The topological polar surface area (TPSA) is 29.1 Å². The number of hydrogen-bond acceptors (Lipinski definition) is 1. The molecule has 0 aliphatic heterocycles. The fraction of sp³-hybridized carbons (Fsp3) is 0.938. The van der Waals surface area contributed by atoms with Gasteiger partial charge < -0.3 is 5.32 Å². The number of unbranched alkanes of at least 4 members (excludes halogenated alkanes) is 9. The van der Waals surface area contributed by atoms with Gasteiger partial charge in [0.1, 0.15) is 0 Å². The fourth-order valence-corrected chi connectivity index (χ4v) is 2.36. The number of hydrogen-bond donors (Lipinski definition) is 1. The Morgan fingerprint density at radius 1 is 0.800 bits per heavy atom. The molecule has 1 amide bonds. The summed E-state index contributed by atoms with van der Waals surface area (Å²) in [5.41, 5.74) is 0. The summed E-state index contributed by atoms with van der Waals surface area (Å²) in [6.45, 7) is 1.85. The second kappa shape index (κ2) is 11.1. The van der Waals surface area contributed by atoms with Crippen molar-refractivity contribution in [2.45, 2.75) is 88.4 Å². The second-order valence-electron chi connectivity index (χ2n) is 6.08. The summed E-state index contributed by atoms with van der Waals surface area (Å²) in [6.07, 6.45) is 9.71. The molecule has 0 atom stereocenters. The van der Waals surface area contributed by atoms with Crippen molar-refractivity contribution in [3.63, 3.8) is 0 Å². The smallest absolute Gasteiger partial charge is 0.351 e. The van der Waals surface area contributed by atoms with Gasteiger partial charge in [-0.25, -0.2) is 0 Å². The molecule has 0 spiro atoms. The van der Waals surface area contributed by atoms with Crippen LogP contribution in [0.5, 0.6) is 0 Å². The van der Waals surface area contributed by atoms with Gasteiger partial charge in [0.2, 0.25) is 0 Å². The zero-order chi connectivity index (χ0) is 19.6. The molecular formula is C16H26ClF6NO. The third-order valence-electron chi connectivity index (χ3n) is 3.85. The van der Waals surface area contributed by atoms with Crippen molar-refractivity contribution in [2.75, 3.05) is 6.54 Å². The number of rotatable bonds is 14. The van der Waals surface area contributed by atoms with Gasteiger partial charge in [0.15, 0.2) is 0 Å². The van der Waals surface area contributed by atoms with Crippen molar-refractivity contribution in [2.24, 2.45) is 0 Å². The molecular weight excluding hydrogens is 372 g/mol. The highest BCUT2D eigenvalue weighted by atomic mass is 35.5. The lowest BCUT2D eigenvalue weighted by Gasteiger charge is -2.28. The highest BCUT2D eigenvalue weighted by Gasteiger charge is 2.74. The van der Waals surface area contributed by atoms with Crippen LogP contribution >= 0.6 is 11.6 Å². The summed E-state index contributed by atoms with van der Waals surface area (Å²) < 4.78 is 76.9. The molecule has 0 aromatic carbocycles. The van der Waals surface area contributed by atoms with Crippen LogP contribution in [0.4, 0.5) is 26.3 Å². The molecule has 0 saturated heterocycles. The van der Waals surface area contributed by atoms with Crippen LogP contribution in [0.15, 0.2) is 0 Å². The fourth-order valence-electron chi connectivity index (χ4n) is 2.25. The molecule has 0 aliphatic rings. The molecule has 2 nitrogen and oxygen atoms in total. The molecule has 0 fully saturated rings. The Hall–Kier alpha value is -0.660. The monoisotopic (exact) mass is 397 g/mol. The number of alkyl halides is 7. The van der Waals surface area contributed by atoms with E-state index in [4.69, 9.17) is 0 Å². The van der Waals surface area contributed by atoms with Gasteiger partial charge in [-0.3, -0.25) is 4.79 Å². The van der Waals surface area contributed by atoms with Crippen molar-refractivity contribution in [1.29, 1.82) is 0 Å². The van der Waals surface area contributed by atoms with Crippen molar-refractivity contribution in [3.8, 4) is 0 Å². The highest BCUT2D eigenvalue weighted by molar-refractivity contribution is 6.22. The van der Waals surface area contributed by atoms with Gasteiger partial charge in [-0.1, -0.05) is 64.7 Å². The third-order valence-corrected chi connectivity index (χ3v) is 4.09. The van der Waals surface area contributed by atoms with E-state index in [1.807, 2.05) is 0 Å². The van der Waals surface area contributed by atoms with Crippen LogP contribution < -0.4 is 5.32 Å². The Morgan fingerprint density at radius 3 is 1.60 bits per heavy atom. The lowest BCUT2D eigenvalue weighted by Crippen LogP contribution is -2.59. The van der Waals surface area contributed by atoms with Crippen LogP contribution in [-0.4, -0.2) is 29.7 Å². The molecule has 0 aromatic rings. The zero-order valence-electron chi connectivity index (χ0n) is 14.3. The van der Waals surface area contributed by atoms with Crippen LogP contribution in [0.2, 0.25) is 0 Å². The molecule has 0 aliphatic carbocycles. The number of carbonyl (C=O) groups excluding carboxylic acids is 1. The summed E-state index contributed by atoms with van der Waals surface area (Å²) >= 11 is 3.98. The predicted octanol–water partition coefficient (Wildman–Crippen LogP) is 6.13. The van der Waals surface area contributed by atoms with E-state index in [1.54, 1.807) is 5.32 Å². The summed E-state index contributed by atoms with van der Waals surface area (Å²) in [7, 11) is 0. The van der Waals surface area contributed by atoms with E-state index in [0.717, 1.165) is 25.7 Å². The number of carbonyl (C=O) groups is 1. The molecule has 0 radical (unpaired) electrons. The molecule has 0 unspecified atom stereocenters. The first-order valence-electron chi connectivity index (χ1n) is 8.59. The van der Waals surface area contributed by atoms with E-state index in [1.165, 1.54) is 25.7 Å². The summed E-state index contributed by atoms with van der Waals surface area (Å²) in [4.78, 5) is 11.1. The Balaban J connectivity index is 3.90. The summed E-state index contributed by atoms with van der Waals surface area (Å²) in [5, 5.41) is -3.96. The quantitative estimate of drug-likeness (QED) is 0.213. The molecule has 0 bridgehead atoms. The minimum atomic E-state index is -5.97. The Kier molecular flexibility index (Phi) is 10.8. The van der Waals surface area contributed by atoms with Crippen molar-refractivity contribution in [3.05, 3.63) is 0 Å². The first-order valence-corrected chi connectivity index (χ1v) is 8.97. The third kappa shape index (κ3) is 8.05. The van der Waals surface area contributed by atoms with Crippen LogP contribution in [0.1, 0.15) is 71.1 Å². The molecule has 25 heavy (non-hydrogen) atoms. The molecule has 0 rings (SSSR count). The maximum Gasteiger partial charge on any atom is 0.395 e. The van der Waals surface area contributed by atoms with Gasteiger partial charge in [0.25, 0.3) is 5.91 Å². The first-order chi connectivity index (χ1) is 11.5. The number of amides is 1. The Labute approximate surface area is 149 Å². The number of nitrogens with one attached hydrogen (secondary N) is 1. The molecule has 150 valence electrons. The van der Waals surface area contributed by atoms with Crippen molar-refractivity contribution in [1.82, 2.24) is 5.32 Å². The minimum Gasteiger partial charge on any atom is -0.351 e. The average molecular weight is 398 g/mol.